The van der Waals surface area contributed by atoms with Gasteiger partial charge in [-0.15, -0.1) is 0 Å². The molecule has 2 amide bonds. The summed E-state index contributed by atoms with van der Waals surface area (Å²) in [5, 5.41) is 2.68. The van der Waals surface area contributed by atoms with Crippen molar-refractivity contribution in [2.24, 2.45) is 17.6 Å². The van der Waals surface area contributed by atoms with Crippen molar-refractivity contribution in [2.75, 3.05) is 19.6 Å². The highest BCUT2D eigenvalue weighted by Crippen LogP contribution is 2.36. The fourth-order valence-corrected chi connectivity index (χ4v) is 3.11. The highest BCUT2D eigenvalue weighted by Gasteiger charge is 2.42. The Kier molecular flexibility index (Phi) is 4.22. The number of nitrogens with two attached hydrogens (primary N) is 1. The van der Waals surface area contributed by atoms with Gasteiger partial charge in [0.1, 0.15) is 0 Å². The normalized spacial score (nSPS) is 30.3. The van der Waals surface area contributed by atoms with Gasteiger partial charge in [-0.2, -0.15) is 0 Å². The zero-order chi connectivity index (χ0) is 13.1. The smallest absolute Gasteiger partial charge is 0.241 e. The van der Waals surface area contributed by atoms with Crippen molar-refractivity contribution in [3.8, 4) is 0 Å². The van der Waals surface area contributed by atoms with Gasteiger partial charge in [0.2, 0.25) is 11.8 Å². The lowest BCUT2D eigenvalue weighted by Gasteiger charge is -2.19. The summed E-state index contributed by atoms with van der Waals surface area (Å²) in [7, 11) is 0. The fourth-order valence-electron chi connectivity index (χ4n) is 3.11. The average molecular weight is 253 g/mol. The molecule has 5 heteroatoms. The molecule has 3 unspecified atom stereocenters. The van der Waals surface area contributed by atoms with Crippen LogP contribution in [0, 0.1) is 11.8 Å². The predicted molar refractivity (Wildman–Crippen MR) is 68.7 cm³/mol. The van der Waals surface area contributed by atoms with Crippen molar-refractivity contribution in [1.82, 2.24) is 10.2 Å². The van der Waals surface area contributed by atoms with Crippen LogP contribution < -0.4 is 11.1 Å². The van der Waals surface area contributed by atoms with Gasteiger partial charge in [0.25, 0.3) is 0 Å². The van der Waals surface area contributed by atoms with Gasteiger partial charge in [0, 0.05) is 25.6 Å². The van der Waals surface area contributed by atoms with E-state index in [-0.39, 0.29) is 24.4 Å². The first kappa shape index (κ1) is 13.3. The van der Waals surface area contributed by atoms with Gasteiger partial charge in [-0.1, -0.05) is 6.92 Å². The molecule has 0 bridgehead atoms. The Labute approximate surface area is 108 Å². The van der Waals surface area contributed by atoms with Crippen LogP contribution in [0.25, 0.3) is 0 Å². The molecule has 0 spiro atoms. The second kappa shape index (κ2) is 5.69. The van der Waals surface area contributed by atoms with Crippen LogP contribution in [-0.2, 0) is 9.59 Å². The van der Waals surface area contributed by atoms with E-state index >= 15 is 0 Å². The minimum absolute atomic E-state index is 0.0288. The van der Waals surface area contributed by atoms with Crippen LogP contribution in [0.5, 0.6) is 0 Å². The van der Waals surface area contributed by atoms with E-state index in [2.05, 4.69) is 5.32 Å². The van der Waals surface area contributed by atoms with E-state index in [0.717, 1.165) is 32.4 Å². The van der Waals surface area contributed by atoms with Crippen LogP contribution in [-0.4, -0.2) is 42.4 Å². The number of nitrogens with zero attached hydrogens (tertiary/aromatic N) is 1. The lowest BCUT2D eigenvalue weighted by molar-refractivity contribution is -0.132. The first-order valence-corrected chi connectivity index (χ1v) is 6.92. The molecule has 102 valence electrons. The summed E-state index contributed by atoms with van der Waals surface area (Å²) in [5.41, 5.74) is 6.04. The van der Waals surface area contributed by atoms with Crippen LogP contribution in [0.3, 0.4) is 0 Å². The zero-order valence-electron chi connectivity index (χ0n) is 11.0. The highest BCUT2D eigenvalue weighted by molar-refractivity contribution is 5.84. The molecule has 2 fully saturated rings. The molecule has 0 radical (unpaired) electrons. The van der Waals surface area contributed by atoms with E-state index in [4.69, 9.17) is 5.73 Å². The minimum Gasteiger partial charge on any atom is -0.347 e. The van der Waals surface area contributed by atoms with Crippen LogP contribution in [0.2, 0.25) is 0 Å². The quantitative estimate of drug-likeness (QED) is 0.746. The number of rotatable bonds is 4. The third-order valence-corrected chi connectivity index (χ3v) is 4.18. The number of carbonyl (C=O) groups is 2. The van der Waals surface area contributed by atoms with Crippen LogP contribution in [0.15, 0.2) is 0 Å². The summed E-state index contributed by atoms with van der Waals surface area (Å²) in [6, 6.07) is 0.252. The van der Waals surface area contributed by atoms with Crippen molar-refractivity contribution < 1.29 is 9.59 Å². The first-order chi connectivity index (χ1) is 8.61. The van der Waals surface area contributed by atoms with E-state index in [9.17, 15) is 9.59 Å². The Balaban J connectivity index is 1.76. The van der Waals surface area contributed by atoms with Crippen molar-refractivity contribution in [3.63, 3.8) is 0 Å². The first-order valence-electron chi connectivity index (χ1n) is 6.92. The number of nitrogens with one attached hydrogen (secondary N) is 1. The van der Waals surface area contributed by atoms with Gasteiger partial charge in [0.15, 0.2) is 0 Å². The molecule has 3 N–H and O–H groups in total. The SMILES string of the molecule is CCCC(=O)NCC(=O)N1CC2CCC(N)C2C1. The molecule has 0 aromatic rings. The van der Waals surface area contributed by atoms with Gasteiger partial charge in [0.05, 0.1) is 6.54 Å². The van der Waals surface area contributed by atoms with Gasteiger partial charge in [-0.25, -0.2) is 0 Å². The summed E-state index contributed by atoms with van der Waals surface area (Å²) in [5.74, 6) is 1.04. The average Bonchev–Trinajstić information content (AvgIpc) is 2.89. The lowest BCUT2D eigenvalue weighted by atomic mass is 9.98. The number of amides is 2. The van der Waals surface area contributed by atoms with Crippen LogP contribution >= 0.6 is 0 Å². The molecule has 0 aromatic carbocycles. The van der Waals surface area contributed by atoms with Gasteiger partial charge in [-0.05, 0) is 31.1 Å². The second-order valence-electron chi connectivity index (χ2n) is 5.49. The standard InChI is InChI=1S/C13H23N3O2/c1-2-3-12(17)15-6-13(18)16-7-9-4-5-11(14)10(9)8-16/h9-11H,2-8,14H2,1H3,(H,15,17). The summed E-state index contributed by atoms with van der Waals surface area (Å²) in [6.45, 7) is 3.67. The summed E-state index contributed by atoms with van der Waals surface area (Å²) < 4.78 is 0. The van der Waals surface area contributed by atoms with Gasteiger partial charge < -0.3 is 16.0 Å². The molecule has 1 saturated carbocycles. The number of fused-ring (bicyclic) bond motifs is 1. The Hall–Kier alpha value is -1.10. The topological polar surface area (TPSA) is 75.4 Å². The number of likely N-dealkylation sites (tertiary alicyclic amines) is 1. The molecule has 1 aliphatic heterocycles. The van der Waals surface area contributed by atoms with Gasteiger partial charge >= 0.3 is 0 Å². The minimum atomic E-state index is -0.0399. The lowest BCUT2D eigenvalue weighted by Crippen LogP contribution is -2.40. The summed E-state index contributed by atoms with van der Waals surface area (Å²) >= 11 is 0. The largest absolute Gasteiger partial charge is 0.347 e. The molecule has 18 heavy (non-hydrogen) atoms. The Bertz CT molecular complexity index is 332. The van der Waals surface area contributed by atoms with E-state index in [1.807, 2.05) is 11.8 Å². The molecule has 0 aromatic heterocycles. The second-order valence-corrected chi connectivity index (χ2v) is 5.49. The predicted octanol–water partition coefficient (Wildman–Crippen LogP) is 0.0984. The maximum absolute atomic E-state index is 12.0. The van der Waals surface area contributed by atoms with E-state index in [1.165, 1.54) is 0 Å². The van der Waals surface area contributed by atoms with Crippen molar-refractivity contribution in [1.29, 1.82) is 0 Å². The monoisotopic (exact) mass is 253 g/mol. The molecule has 5 nitrogen and oxygen atoms in total. The molecule has 1 aliphatic carbocycles. The maximum Gasteiger partial charge on any atom is 0.241 e. The summed E-state index contributed by atoms with van der Waals surface area (Å²) in [4.78, 5) is 25.1. The molecule has 3 atom stereocenters. The van der Waals surface area contributed by atoms with Crippen molar-refractivity contribution >= 4 is 11.8 Å². The van der Waals surface area contributed by atoms with E-state index in [0.29, 0.717) is 18.3 Å². The molecular formula is C13H23N3O2. The Morgan fingerprint density at radius 1 is 1.33 bits per heavy atom. The third kappa shape index (κ3) is 2.83. The van der Waals surface area contributed by atoms with Gasteiger partial charge in [-0.3, -0.25) is 9.59 Å². The van der Waals surface area contributed by atoms with E-state index in [1.54, 1.807) is 0 Å². The van der Waals surface area contributed by atoms with Crippen LogP contribution in [0.4, 0.5) is 0 Å². The summed E-state index contributed by atoms with van der Waals surface area (Å²) in [6.07, 6.45) is 3.52. The number of hydrogen-bond acceptors (Lipinski definition) is 3. The molecule has 1 saturated heterocycles. The Morgan fingerprint density at radius 2 is 2.11 bits per heavy atom. The fraction of sp³-hybridized carbons (Fsp3) is 0.846. The van der Waals surface area contributed by atoms with Crippen LogP contribution in [0.1, 0.15) is 32.6 Å². The number of carbonyl (C=O) groups excluding carboxylic acids is 2. The number of hydrogen-bond donors (Lipinski definition) is 2. The maximum atomic E-state index is 12.0. The Morgan fingerprint density at radius 3 is 2.78 bits per heavy atom. The third-order valence-electron chi connectivity index (χ3n) is 4.18. The van der Waals surface area contributed by atoms with Crippen molar-refractivity contribution in [2.45, 2.75) is 38.6 Å². The van der Waals surface area contributed by atoms with E-state index < -0.39 is 0 Å². The molecule has 2 aliphatic rings. The molecule has 1 heterocycles. The molecule has 2 rings (SSSR count). The zero-order valence-corrected chi connectivity index (χ0v) is 11.0. The molecular weight excluding hydrogens is 230 g/mol. The highest BCUT2D eigenvalue weighted by atomic mass is 16.2. The van der Waals surface area contributed by atoms with Crippen molar-refractivity contribution in [3.05, 3.63) is 0 Å².